The van der Waals surface area contributed by atoms with E-state index >= 15 is 4.39 Å². The number of hydrogen-bond acceptors (Lipinski definition) is 8. The number of carbonyl (C=O) groups is 2. The number of imidazole rings is 1. The normalized spacial score (nSPS) is 19.7. The zero-order chi connectivity index (χ0) is 34.7. The van der Waals surface area contributed by atoms with Crippen LogP contribution in [0.25, 0.3) is 27.7 Å². The van der Waals surface area contributed by atoms with E-state index in [-0.39, 0.29) is 35.7 Å². The number of aromatic nitrogens is 3. The average Bonchev–Trinajstić information content (AvgIpc) is 3.43. The number of nitrogens with zero attached hydrogens (tertiary/aromatic N) is 6. The summed E-state index contributed by atoms with van der Waals surface area (Å²) in [5, 5.41) is 6.07. The van der Waals surface area contributed by atoms with Gasteiger partial charge in [0.2, 0.25) is 17.6 Å². The lowest BCUT2D eigenvalue weighted by atomic mass is 10.0. The molecule has 260 valence electrons. The molecule has 8 rings (SSSR count). The number of nitrogens with one attached hydrogen (secondary N) is 2. The molecule has 0 aliphatic carbocycles. The molecule has 5 heterocycles. The molecule has 0 saturated carbocycles. The molecule has 3 saturated heterocycles. The summed E-state index contributed by atoms with van der Waals surface area (Å²) in [5.41, 5.74) is 6.04. The van der Waals surface area contributed by atoms with Crippen LogP contribution in [0, 0.1) is 12.7 Å². The number of aryl methyl sites for hydroxylation is 1. The molecule has 2 aromatic heterocycles. The Bertz CT molecular complexity index is 2190. The van der Waals surface area contributed by atoms with Crippen molar-refractivity contribution >= 4 is 56.6 Å². The molecule has 0 radical (unpaired) electrons. The molecule has 5 aromatic rings. The van der Waals surface area contributed by atoms with Gasteiger partial charge in [-0.05, 0) is 88.1 Å². The van der Waals surface area contributed by atoms with E-state index in [9.17, 15) is 14.4 Å². The number of imide groups is 1. The molecule has 3 aromatic carbocycles. The van der Waals surface area contributed by atoms with Crippen molar-refractivity contribution in [2.45, 2.75) is 64.6 Å². The third-order valence-electron chi connectivity index (χ3n) is 10.8. The fraction of sp³-hybridized carbons (Fsp3) is 0.421. The summed E-state index contributed by atoms with van der Waals surface area (Å²) >= 11 is 0. The van der Waals surface area contributed by atoms with E-state index in [4.69, 9.17) is 0 Å². The summed E-state index contributed by atoms with van der Waals surface area (Å²) in [4.78, 5) is 48.4. The average molecular weight is 679 g/mol. The number of piperidine rings is 2. The van der Waals surface area contributed by atoms with Crippen molar-refractivity contribution in [1.82, 2.24) is 24.2 Å². The number of halogens is 1. The first-order chi connectivity index (χ1) is 24.2. The second-order valence-electron chi connectivity index (χ2n) is 14.2. The van der Waals surface area contributed by atoms with Crippen molar-refractivity contribution in [2.75, 3.05) is 54.4 Å². The van der Waals surface area contributed by atoms with E-state index in [1.165, 1.54) is 11.8 Å². The summed E-state index contributed by atoms with van der Waals surface area (Å²) < 4.78 is 19.6. The van der Waals surface area contributed by atoms with Crippen LogP contribution < -0.4 is 26.0 Å². The Balaban J connectivity index is 0.927. The van der Waals surface area contributed by atoms with Crippen molar-refractivity contribution in [3.63, 3.8) is 0 Å². The van der Waals surface area contributed by atoms with Gasteiger partial charge in [-0.15, -0.1) is 0 Å². The van der Waals surface area contributed by atoms with Gasteiger partial charge in [0.05, 0.1) is 27.6 Å². The van der Waals surface area contributed by atoms with E-state index < -0.39 is 6.04 Å². The Morgan fingerprint density at radius 2 is 1.64 bits per heavy atom. The summed E-state index contributed by atoms with van der Waals surface area (Å²) in [6, 6.07) is 17.7. The first-order valence-corrected chi connectivity index (χ1v) is 17.8. The molecule has 0 bridgehead atoms. The first-order valence-electron chi connectivity index (χ1n) is 17.8. The highest BCUT2D eigenvalue weighted by Crippen LogP contribution is 2.33. The minimum absolute atomic E-state index is 0.122. The molecule has 3 aliphatic heterocycles. The predicted molar refractivity (Wildman–Crippen MR) is 195 cm³/mol. The van der Waals surface area contributed by atoms with E-state index in [0.717, 1.165) is 74.2 Å². The third kappa shape index (κ3) is 5.65. The van der Waals surface area contributed by atoms with Crippen LogP contribution in [0.5, 0.6) is 0 Å². The third-order valence-corrected chi connectivity index (χ3v) is 10.8. The lowest BCUT2D eigenvalue weighted by molar-refractivity contribution is -0.133. The van der Waals surface area contributed by atoms with Crippen LogP contribution in [0.15, 0.2) is 59.4 Å². The second-order valence-corrected chi connectivity index (χ2v) is 14.2. The van der Waals surface area contributed by atoms with E-state index in [1.54, 1.807) is 6.07 Å². The molecule has 1 unspecified atom stereocenters. The van der Waals surface area contributed by atoms with Gasteiger partial charge in [0.25, 0.3) is 5.56 Å². The van der Waals surface area contributed by atoms with E-state index in [0.29, 0.717) is 35.0 Å². The number of hydrogen-bond donors (Lipinski definition) is 2. The highest BCUT2D eigenvalue weighted by molar-refractivity contribution is 6.01. The molecule has 0 spiro atoms. The number of piperazine rings is 1. The first kappa shape index (κ1) is 32.2. The Kier molecular flexibility index (Phi) is 8.21. The van der Waals surface area contributed by atoms with Crippen LogP contribution in [-0.4, -0.2) is 82.0 Å². The van der Waals surface area contributed by atoms with Crippen LogP contribution >= 0.6 is 0 Å². The largest absolute Gasteiger partial charge is 0.374 e. The van der Waals surface area contributed by atoms with Crippen molar-refractivity contribution in [2.24, 2.45) is 0 Å². The number of amides is 2. The molecule has 1 atom stereocenters. The molecule has 3 fully saturated rings. The molecule has 2 amide bonds. The van der Waals surface area contributed by atoms with Gasteiger partial charge in [0.15, 0.2) is 0 Å². The van der Waals surface area contributed by atoms with E-state index in [2.05, 4.69) is 71.3 Å². The second kappa shape index (κ2) is 12.7. The van der Waals surface area contributed by atoms with Crippen LogP contribution in [0.3, 0.4) is 0 Å². The lowest BCUT2D eigenvalue weighted by Crippen LogP contribution is -2.53. The SMILES string of the molecule is Cc1cccc2c1c(=O)nc1n(C(C)C)c3cc(N4CCC(N5CCN(c6ccc(NC7CCC(=O)NC7=O)cc6F)CC5)CC4)ccc3n21. The predicted octanol–water partition coefficient (Wildman–Crippen LogP) is 4.84. The maximum absolute atomic E-state index is 15.3. The van der Waals surface area contributed by atoms with Crippen molar-refractivity contribution < 1.29 is 14.0 Å². The summed E-state index contributed by atoms with van der Waals surface area (Å²) in [7, 11) is 0. The Morgan fingerprint density at radius 3 is 2.36 bits per heavy atom. The van der Waals surface area contributed by atoms with Crippen LogP contribution in [0.2, 0.25) is 0 Å². The molecule has 2 N–H and O–H groups in total. The van der Waals surface area contributed by atoms with Gasteiger partial charge >= 0.3 is 0 Å². The fourth-order valence-corrected chi connectivity index (χ4v) is 8.23. The van der Waals surface area contributed by atoms with Crippen molar-refractivity contribution in [1.29, 1.82) is 0 Å². The summed E-state index contributed by atoms with van der Waals surface area (Å²) in [6.07, 6.45) is 2.78. The minimum atomic E-state index is -0.544. The summed E-state index contributed by atoms with van der Waals surface area (Å²) in [6.45, 7) is 11.4. The fourth-order valence-electron chi connectivity index (χ4n) is 8.23. The standard InChI is InChI=1S/C38H43FN8O3/c1-23(2)46-33-22-27(8-11-31(33)47-32-6-4-5-24(3)35(32)37(50)42-38(46)47)43-15-13-26(14-16-43)44-17-19-45(20-18-44)30-10-7-25(21-28(30)39)40-29-9-12-34(48)41-36(29)49/h4-8,10-11,21-23,26,29,40H,9,12-20H2,1-3H3,(H,41,48,49). The van der Waals surface area contributed by atoms with Crippen LogP contribution in [0.1, 0.15) is 51.1 Å². The number of anilines is 3. The topological polar surface area (TPSA) is 107 Å². The van der Waals surface area contributed by atoms with Gasteiger partial charge in [-0.1, -0.05) is 12.1 Å². The maximum Gasteiger partial charge on any atom is 0.282 e. The quantitative estimate of drug-likeness (QED) is 0.246. The lowest BCUT2D eigenvalue weighted by Gasteiger charge is -2.44. The number of fused-ring (bicyclic) bond motifs is 5. The molecular formula is C38H43FN8O3. The van der Waals surface area contributed by atoms with Gasteiger partial charge < -0.3 is 19.7 Å². The Labute approximate surface area is 289 Å². The van der Waals surface area contributed by atoms with Crippen LogP contribution in [0.4, 0.5) is 21.5 Å². The highest BCUT2D eigenvalue weighted by Gasteiger charge is 2.30. The van der Waals surface area contributed by atoms with Gasteiger partial charge in [0.1, 0.15) is 11.9 Å². The molecule has 50 heavy (non-hydrogen) atoms. The smallest absolute Gasteiger partial charge is 0.282 e. The minimum Gasteiger partial charge on any atom is -0.374 e. The van der Waals surface area contributed by atoms with Gasteiger partial charge in [-0.3, -0.25) is 29.0 Å². The Hall–Kier alpha value is -4.97. The van der Waals surface area contributed by atoms with Crippen molar-refractivity contribution in [3.8, 4) is 0 Å². The van der Waals surface area contributed by atoms with Gasteiger partial charge in [-0.2, -0.15) is 4.98 Å². The highest BCUT2D eigenvalue weighted by atomic mass is 19.1. The maximum atomic E-state index is 15.3. The number of rotatable bonds is 6. The summed E-state index contributed by atoms with van der Waals surface area (Å²) in [5.74, 6) is -0.286. The van der Waals surface area contributed by atoms with Crippen LogP contribution in [-0.2, 0) is 9.59 Å². The molecular weight excluding hydrogens is 635 g/mol. The zero-order valence-corrected chi connectivity index (χ0v) is 28.8. The Morgan fingerprint density at radius 1 is 0.860 bits per heavy atom. The number of benzene rings is 3. The monoisotopic (exact) mass is 678 g/mol. The van der Waals surface area contributed by atoms with Gasteiger partial charge in [0, 0.05) is 69.1 Å². The van der Waals surface area contributed by atoms with Crippen molar-refractivity contribution in [3.05, 3.63) is 76.3 Å². The zero-order valence-electron chi connectivity index (χ0n) is 28.8. The molecule has 3 aliphatic rings. The number of carbonyl (C=O) groups excluding carboxylic acids is 2. The van der Waals surface area contributed by atoms with Gasteiger partial charge in [-0.25, -0.2) is 4.39 Å². The molecule has 12 heteroatoms. The van der Waals surface area contributed by atoms with E-state index in [1.807, 2.05) is 31.2 Å². The molecule has 11 nitrogen and oxygen atoms in total.